The fourth-order valence-electron chi connectivity index (χ4n) is 2.56. The van der Waals surface area contributed by atoms with Gasteiger partial charge in [-0.3, -0.25) is 4.79 Å². The van der Waals surface area contributed by atoms with Gasteiger partial charge in [-0.2, -0.15) is 0 Å². The number of carboxylic acids is 1. The first-order valence-electron chi connectivity index (χ1n) is 6.61. The van der Waals surface area contributed by atoms with Gasteiger partial charge in [0.2, 0.25) is 0 Å². The van der Waals surface area contributed by atoms with Crippen LogP contribution in [-0.2, 0) is 9.53 Å². The van der Waals surface area contributed by atoms with Crippen molar-refractivity contribution in [2.45, 2.75) is 50.8 Å². The van der Waals surface area contributed by atoms with E-state index in [4.69, 9.17) is 9.84 Å². The van der Waals surface area contributed by atoms with Gasteiger partial charge >= 0.3 is 5.97 Å². The van der Waals surface area contributed by atoms with Crippen molar-refractivity contribution in [1.29, 1.82) is 0 Å². The van der Waals surface area contributed by atoms with E-state index in [1.807, 2.05) is 17.5 Å². The normalized spacial score (nSPS) is 24.0. The largest absolute Gasteiger partial charge is 0.481 e. The summed E-state index contributed by atoms with van der Waals surface area (Å²) in [5, 5.41) is 14.5. The summed E-state index contributed by atoms with van der Waals surface area (Å²) >= 11 is 1.60. The molecule has 0 saturated carbocycles. The highest BCUT2D eigenvalue weighted by Gasteiger charge is 2.30. The second-order valence-electron chi connectivity index (χ2n) is 5.63. The zero-order valence-corrected chi connectivity index (χ0v) is 12.2. The van der Waals surface area contributed by atoms with E-state index in [1.54, 1.807) is 11.3 Å². The average molecular weight is 283 g/mol. The Bertz CT molecular complexity index is 416. The van der Waals surface area contributed by atoms with E-state index in [9.17, 15) is 4.79 Å². The highest BCUT2D eigenvalue weighted by atomic mass is 32.1. The molecule has 0 radical (unpaired) electrons. The van der Waals surface area contributed by atoms with Crippen molar-refractivity contribution < 1.29 is 14.6 Å². The molecule has 1 saturated heterocycles. The van der Waals surface area contributed by atoms with Crippen molar-refractivity contribution in [2.75, 3.05) is 6.61 Å². The summed E-state index contributed by atoms with van der Waals surface area (Å²) in [7, 11) is 0. The monoisotopic (exact) mass is 283 g/mol. The Labute approximate surface area is 117 Å². The standard InChI is InChI=1S/C14H21NO3S/c1-14(2)9-10(5-6-18-14)15-11(8-13(16)17)12-4-3-7-19-12/h3-4,7,10-11,15H,5-6,8-9H2,1-2H3,(H,16,17). The van der Waals surface area contributed by atoms with E-state index >= 15 is 0 Å². The van der Waals surface area contributed by atoms with Crippen LogP contribution in [-0.4, -0.2) is 29.3 Å². The second-order valence-corrected chi connectivity index (χ2v) is 6.61. The van der Waals surface area contributed by atoms with E-state index in [2.05, 4.69) is 19.2 Å². The van der Waals surface area contributed by atoms with Gasteiger partial charge < -0.3 is 15.2 Å². The summed E-state index contributed by atoms with van der Waals surface area (Å²) in [6, 6.07) is 4.17. The Kier molecular flexibility index (Phi) is 4.60. The molecular weight excluding hydrogens is 262 g/mol. The Morgan fingerprint density at radius 1 is 1.68 bits per heavy atom. The maximum atomic E-state index is 11.0. The van der Waals surface area contributed by atoms with Gasteiger partial charge in [0.15, 0.2) is 0 Å². The Morgan fingerprint density at radius 2 is 2.47 bits per heavy atom. The molecule has 2 N–H and O–H groups in total. The molecule has 1 aliphatic heterocycles. The SMILES string of the molecule is CC1(C)CC(NC(CC(=O)O)c2cccs2)CCO1. The highest BCUT2D eigenvalue weighted by molar-refractivity contribution is 7.10. The van der Waals surface area contributed by atoms with Gasteiger partial charge in [0.05, 0.1) is 18.1 Å². The van der Waals surface area contributed by atoms with Crippen LogP contribution in [0, 0.1) is 0 Å². The molecule has 0 aliphatic carbocycles. The van der Waals surface area contributed by atoms with Crippen LogP contribution < -0.4 is 5.32 Å². The summed E-state index contributed by atoms with van der Waals surface area (Å²) < 4.78 is 5.70. The molecular formula is C14H21NO3S. The number of carbonyl (C=O) groups is 1. The molecule has 1 aromatic heterocycles. The third-order valence-electron chi connectivity index (χ3n) is 3.40. The van der Waals surface area contributed by atoms with Crippen LogP contribution in [0.5, 0.6) is 0 Å². The lowest BCUT2D eigenvalue weighted by atomic mass is 9.93. The predicted molar refractivity (Wildman–Crippen MR) is 75.5 cm³/mol. The van der Waals surface area contributed by atoms with E-state index in [-0.39, 0.29) is 18.1 Å². The van der Waals surface area contributed by atoms with Crippen molar-refractivity contribution in [3.8, 4) is 0 Å². The molecule has 106 valence electrons. The molecule has 4 nitrogen and oxygen atoms in total. The first-order valence-corrected chi connectivity index (χ1v) is 7.49. The molecule has 0 bridgehead atoms. The number of ether oxygens (including phenoxy) is 1. The molecule has 2 atom stereocenters. The second kappa shape index (κ2) is 6.03. The first-order chi connectivity index (χ1) is 8.96. The maximum absolute atomic E-state index is 11.0. The molecule has 0 aromatic carbocycles. The molecule has 1 aromatic rings. The lowest BCUT2D eigenvalue weighted by Crippen LogP contribution is -2.45. The molecule has 1 aliphatic rings. The molecule has 2 unspecified atom stereocenters. The van der Waals surface area contributed by atoms with Crippen LogP contribution in [0.2, 0.25) is 0 Å². The number of aliphatic carboxylic acids is 1. The minimum Gasteiger partial charge on any atom is -0.481 e. The van der Waals surface area contributed by atoms with Crippen LogP contribution in [0.3, 0.4) is 0 Å². The van der Waals surface area contributed by atoms with Crippen molar-refractivity contribution in [1.82, 2.24) is 5.32 Å². The Hall–Kier alpha value is -0.910. The minimum atomic E-state index is -0.766. The minimum absolute atomic E-state index is 0.101. The van der Waals surface area contributed by atoms with Gasteiger partial charge in [-0.05, 0) is 38.1 Å². The maximum Gasteiger partial charge on any atom is 0.305 e. The molecule has 5 heteroatoms. The summed E-state index contributed by atoms with van der Waals surface area (Å²) in [5.74, 6) is -0.766. The fourth-order valence-corrected chi connectivity index (χ4v) is 3.35. The van der Waals surface area contributed by atoms with Crippen LogP contribution in [0.25, 0.3) is 0 Å². The van der Waals surface area contributed by atoms with Gasteiger partial charge in [0.25, 0.3) is 0 Å². The number of rotatable bonds is 5. The van der Waals surface area contributed by atoms with E-state index in [0.29, 0.717) is 6.04 Å². The van der Waals surface area contributed by atoms with Crippen LogP contribution in [0.15, 0.2) is 17.5 Å². The number of hydrogen-bond donors (Lipinski definition) is 2. The van der Waals surface area contributed by atoms with Crippen LogP contribution in [0.1, 0.15) is 44.0 Å². The van der Waals surface area contributed by atoms with E-state index in [0.717, 1.165) is 24.3 Å². The van der Waals surface area contributed by atoms with Gasteiger partial charge in [-0.25, -0.2) is 0 Å². The summed E-state index contributed by atoms with van der Waals surface area (Å²) in [6.45, 7) is 4.89. The molecule has 2 heterocycles. The number of carboxylic acid groups (broad SMARTS) is 1. The first kappa shape index (κ1) is 14.5. The average Bonchev–Trinajstić information content (AvgIpc) is 2.79. The topological polar surface area (TPSA) is 58.6 Å². The van der Waals surface area contributed by atoms with Crippen molar-refractivity contribution in [2.24, 2.45) is 0 Å². The number of nitrogens with one attached hydrogen (secondary N) is 1. The number of thiophene rings is 1. The smallest absolute Gasteiger partial charge is 0.305 e. The third kappa shape index (κ3) is 4.30. The van der Waals surface area contributed by atoms with Gasteiger partial charge in [-0.1, -0.05) is 6.07 Å². The van der Waals surface area contributed by atoms with Gasteiger partial charge in [0.1, 0.15) is 0 Å². The highest BCUT2D eigenvalue weighted by Crippen LogP contribution is 2.28. The van der Waals surface area contributed by atoms with Crippen molar-refractivity contribution in [3.63, 3.8) is 0 Å². The Morgan fingerprint density at radius 3 is 3.05 bits per heavy atom. The van der Waals surface area contributed by atoms with Gasteiger partial charge in [-0.15, -0.1) is 11.3 Å². The number of hydrogen-bond acceptors (Lipinski definition) is 4. The molecule has 1 fully saturated rings. The molecule has 2 rings (SSSR count). The fraction of sp³-hybridized carbons (Fsp3) is 0.643. The zero-order valence-electron chi connectivity index (χ0n) is 11.4. The van der Waals surface area contributed by atoms with Crippen LogP contribution in [0.4, 0.5) is 0 Å². The van der Waals surface area contributed by atoms with Crippen molar-refractivity contribution in [3.05, 3.63) is 22.4 Å². The summed E-state index contributed by atoms with van der Waals surface area (Å²) in [6.07, 6.45) is 1.97. The predicted octanol–water partition coefficient (Wildman–Crippen LogP) is 2.81. The third-order valence-corrected chi connectivity index (χ3v) is 4.39. The summed E-state index contributed by atoms with van der Waals surface area (Å²) in [4.78, 5) is 12.1. The summed E-state index contributed by atoms with van der Waals surface area (Å²) in [5.41, 5.74) is -0.126. The lowest BCUT2D eigenvalue weighted by Gasteiger charge is -2.37. The van der Waals surface area contributed by atoms with Crippen molar-refractivity contribution >= 4 is 17.3 Å². The lowest BCUT2D eigenvalue weighted by molar-refractivity contribution is -0.137. The Balaban J connectivity index is 2.01. The molecule has 0 amide bonds. The molecule has 0 spiro atoms. The molecule has 19 heavy (non-hydrogen) atoms. The zero-order chi connectivity index (χ0) is 13.9. The van der Waals surface area contributed by atoms with Gasteiger partial charge in [0, 0.05) is 17.5 Å². The van der Waals surface area contributed by atoms with E-state index in [1.165, 1.54) is 0 Å². The quantitative estimate of drug-likeness (QED) is 0.872. The van der Waals surface area contributed by atoms with Crippen LogP contribution >= 0.6 is 11.3 Å². The van der Waals surface area contributed by atoms with E-state index < -0.39 is 5.97 Å².